The summed E-state index contributed by atoms with van der Waals surface area (Å²) in [6.45, 7) is 0.167. The second-order valence-corrected chi connectivity index (χ2v) is 5.60. The van der Waals surface area contributed by atoms with Crippen molar-refractivity contribution < 1.29 is 13.9 Å². The van der Waals surface area contributed by atoms with Crippen LogP contribution in [-0.2, 0) is 0 Å². The van der Waals surface area contributed by atoms with Crippen molar-refractivity contribution in [3.8, 4) is 11.8 Å². The van der Waals surface area contributed by atoms with E-state index in [1.54, 1.807) is 42.9 Å². The van der Waals surface area contributed by atoms with Crippen molar-refractivity contribution in [3.05, 3.63) is 66.1 Å². The van der Waals surface area contributed by atoms with Crippen LogP contribution in [0.1, 0.15) is 16.1 Å². The third-order valence-corrected chi connectivity index (χ3v) is 3.72. The average Bonchev–Trinajstić information content (AvgIpc) is 3.32. The Kier molecular flexibility index (Phi) is 4.18. The predicted molar refractivity (Wildman–Crippen MR) is 98.0 cm³/mol. The average molecular weight is 360 g/mol. The van der Waals surface area contributed by atoms with Crippen molar-refractivity contribution in [3.63, 3.8) is 0 Å². The number of nitrogens with two attached hydrogens (primary N) is 1. The summed E-state index contributed by atoms with van der Waals surface area (Å²) in [6, 6.07) is 6.75. The summed E-state index contributed by atoms with van der Waals surface area (Å²) < 4.78 is 4.91. The first-order valence-corrected chi connectivity index (χ1v) is 7.99. The van der Waals surface area contributed by atoms with E-state index in [4.69, 9.17) is 10.3 Å². The first-order valence-electron chi connectivity index (χ1n) is 7.99. The van der Waals surface area contributed by atoms with Crippen LogP contribution in [0, 0.1) is 11.8 Å². The zero-order valence-electron chi connectivity index (χ0n) is 14.0. The highest BCUT2D eigenvalue weighted by Gasteiger charge is 2.39. The molecule has 27 heavy (non-hydrogen) atoms. The van der Waals surface area contributed by atoms with Gasteiger partial charge in [0.05, 0.1) is 12.8 Å². The van der Waals surface area contributed by atoms with Gasteiger partial charge in [-0.3, -0.25) is 9.78 Å². The number of carbonyl (C=O) groups is 1. The summed E-state index contributed by atoms with van der Waals surface area (Å²) in [4.78, 5) is 24.3. The number of nitrogens with one attached hydrogen (secondary N) is 1. The molecule has 9 heteroatoms. The number of rotatable bonds is 3. The molecule has 0 aromatic carbocycles. The predicted octanol–water partition coefficient (Wildman–Crippen LogP) is 0.798. The highest BCUT2D eigenvalue weighted by atomic mass is 16.3. The van der Waals surface area contributed by atoms with Crippen LogP contribution in [0.5, 0.6) is 0 Å². The van der Waals surface area contributed by atoms with E-state index in [1.165, 1.54) is 12.5 Å². The first-order chi connectivity index (χ1) is 13.1. The lowest BCUT2D eigenvalue weighted by molar-refractivity contribution is -0.803. The van der Waals surface area contributed by atoms with E-state index in [2.05, 4.69) is 37.2 Å². The molecule has 0 saturated carbocycles. The minimum absolute atomic E-state index is 0.167. The summed E-state index contributed by atoms with van der Waals surface area (Å²) in [5.41, 5.74) is 0.949. The zero-order chi connectivity index (χ0) is 18.7. The van der Waals surface area contributed by atoms with Gasteiger partial charge in [0.15, 0.2) is 17.7 Å². The number of fused-ring (bicyclic) bond motifs is 1. The third-order valence-electron chi connectivity index (χ3n) is 3.72. The molecule has 3 N–H and O–H groups in total. The number of allylic oxidation sites excluding steroid dienone is 1. The van der Waals surface area contributed by atoms with E-state index in [1.807, 2.05) is 0 Å². The molecule has 132 valence electrons. The van der Waals surface area contributed by atoms with Gasteiger partial charge < -0.3 is 9.73 Å². The number of nitrogens with zero attached hydrogens (tertiary/aromatic N) is 5. The molecule has 0 bridgehead atoms. The highest BCUT2D eigenvalue weighted by molar-refractivity contribution is 6.31. The Morgan fingerprint density at radius 1 is 1.30 bits per heavy atom. The number of aliphatic imine (C=N–C) groups is 2. The molecule has 0 fully saturated rings. The van der Waals surface area contributed by atoms with Gasteiger partial charge in [-0.15, -0.1) is 5.84 Å². The molecular weight excluding hydrogens is 346 g/mol. The van der Waals surface area contributed by atoms with Gasteiger partial charge in [-0.05, 0) is 40.0 Å². The molecule has 9 nitrogen and oxygen atoms in total. The number of carbonyl (C=O) groups excluding carboxylic acids is 1. The Hall–Kier alpha value is -3.87. The summed E-state index contributed by atoms with van der Waals surface area (Å²) in [7, 11) is 0. The van der Waals surface area contributed by atoms with Crippen molar-refractivity contribution in [2.24, 2.45) is 20.9 Å². The lowest BCUT2D eigenvalue weighted by Crippen LogP contribution is -2.50. The van der Waals surface area contributed by atoms with Crippen molar-refractivity contribution >= 4 is 23.8 Å². The molecule has 1 unspecified atom stereocenters. The van der Waals surface area contributed by atoms with Gasteiger partial charge in [0, 0.05) is 18.0 Å². The van der Waals surface area contributed by atoms with E-state index in [9.17, 15) is 4.79 Å². The summed E-state index contributed by atoms with van der Waals surface area (Å²) in [5.74, 6) is 13.1. The molecule has 2 aromatic heterocycles. The topological polar surface area (TPSA) is 118 Å². The smallest absolute Gasteiger partial charge is 0.300 e. The van der Waals surface area contributed by atoms with Crippen LogP contribution in [0.25, 0.3) is 0 Å². The van der Waals surface area contributed by atoms with Crippen molar-refractivity contribution in [1.82, 2.24) is 10.3 Å². The Morgan fingerprint density at radius 2 is 2.15 bits per heavy atom. The molecule has 4 rings (SSSR count). The molecular formula is C18H14N7O2+. The minimum atomic E-state index is -0.382. The van der Waals surface area contributed by atoms with Crippen LogP contribution in [0.3, 0.4) is 0 Å². The summed E-state index contributed by atoms with van der Waals surface area (Å²) in [6.07, 6.45) is 7.74. The zero-order valence-corrected chi connectivity index (χ0v) is 14.0. The van der Waals surface area contributed by atoms with Crippen LogP contribution in [-0.4, -0.2) is 40.0 Å². The van der Waals surface area contributed by atoms with Crippen LogP contribution in [0.2, 0.25) is 0 Å². The van der Waals surface area contributed by atoms with Crippen molar-refractivity contribution in [1.29, 1.82) is 0 Å². The quantitative estimate of drug-likeness (QED) is 0.478. The molecule has 0 saturated heterocycles. The van der Waals surface area contributed by atoms with Gasteiger partial charge in [0.25, 0.3) is 17.6 Å². The summed E-state index contributed by atoms with van der Waals surface area (Å²) >= 11 is 0. The number of aromatic nitrogens is 1. The maximum atomic E-state index is 11.9. The molecule has 0 spiro atoms. The number of hydrogen-bond acceptors (Lipinski definition) is 7. The van der Waals surface area contributed by atoms with Crippen LogP contribution >= 0.6 is 0 Å². The molecule has 0 aliphatic carbocycles. The van der Waals surface area contributed by atoms with Gasteiger partial charge >= 0.3 is 0 Å². The van der Waals surface area contributed by atoms with E-state index in [-0.39, 0.29) is 17.2 Å². The lowest BCUT2D eigenvalue weighted by atomic mass is 10.2. The second-order valence-electron chi connectivity index (χ2n) is 5.60. The van der Waals surface area contributed by atoms with E-state index in [0.29, 0.717) is 28.7 Å². The number of amides is 1. The van der Waals surface area contributed by atoms with E-state index < -0.39 is 0 Å². The largest absolute Gasteiger partial charge is 0.461 e. The highest BCUT2D eigenvalue weighted by Crippen LogP contribution is 2.21. The van der Waals surface area contributed by atoms with Crippen LogP contribution in [0.15, 0.2) is 74.3 Å². The van der Waals surface area contributed by atoms with Gasteiger partial charge in [-0.25, -0.2) is 4.99 Å². The summed E-state index contributed by atoms with van der Waals surface area (Å²) in [5, 5.41) is 7.05. The standard InChI is InChI=1S/C18H13N7O2/c19-25-12-14(3-1-7-21-18(26)13-5-8-20-9-6-13)22-11-16(25)23-17(24-25)15-4-2-10-27-15/h2,4-6,8-12H,7,19H2/p+1. The number of quaternary nitrogens is 1. The van der Waals surface area contributed by atoms with Gasteiger partial charge in [-0.1, -0.05) is 5.92 Å². The lowest BCUT2D eigenvalue weighted by Gasteiger charge is -2.17. The normalized spacial score (nSPS) is 20.0. The van der Waals surface area contributed by atoms with Gasteiger partial charge in [0.1, 0.15) is 6.21 Å². The fraction of sp³-hybridized carbons (Fsp3) is 0.0556. The molecule has 2 aliphatic heterocycles. The van der Waals surface area contributed by atoms with Crippen molar-refractivity contribution in [2.45, 2.75) is 0 Å². The Bertz CT molecular complexity index is 1060. The Labute approximate surface area is 154 Å². The molecule has 2 aliphatic rings. The maximum Gasteiger partial charge on any atom is 0.300 e. The molecule has 2 aromatic rings. The molecule has 1 amide bonds. The molecule has 1 atom stereocenters. The minimum Gasteiger partial charge on any atom is -0.461 e. The van der Waals surface area contributed by atoms with Crippen molar-refractivity contribution in [2.75, 3.05) is 6.54 Å². The molecule has 4 heterocycles. The Morgan fingerprint density at radius 3 is 2.93 bits per heavy atom. The number of hydrogen-bond donors (Lipinski definition) is 2. The van der Waals surface area contributed by atoms with E-state index >= 15 is 0 Å². The number of furan rings is 1. The van der Waals surface area contributed by atoms with Crippen LogP contribution in [0.4, 0.5) is 0 Å². The monoisotopic (exact) mass is 360 g/mol. The first kappa shape index (κ1) is 16.6. The van der Waals surface area contributed by atoms with Crippen LogP contribution < -0.4 is 11.2 Å². The fourth-order valence-electron chi connectivity index (χ4n) is 2.42. The molecule has 0 radical (unpaired) electrons. The number of pyridine rings is 1. The van der Waals surface area contributed by atoms with Gasteiger partial charge in [-0.2, -0.15) is 4.99 Å². The third kappa shape index (κ3) is 3.43. The van der Waals surface area contributed by atoms with E-state index in [0.717, 1.165) is 0 Å². The number of amidine groups is 2. The maximum absolute atomic E-state index is 11.9. The fourth-order valence-corrected chi connectivity index (χ4v) is 2.42. The van der Waals surface area contributed by atoms with Gasteiger partial charge in [0.2, 0.25) is 0 Å². The SMILES string of the molecule is N[N+]12C=C(C#CCNC(=O)c3ccncc3)N=CC1=NC(c1ccco1)=N2. The Balaban J connectivity index is 1.43. The second kappa shape index (κ2) is 6.80.